The van der Waals surface area contributed by atoms with Crippen LogP contribution >= 0.6 is 0 Å². The number of nitrogens with two attached hydrogens (primary N) is 1. The maximum atomic E-state index is 5.50. The molecule has 0 rings (SSSR count). The summed E-state index contributed by atoms with van der Waals surface area (Å²) in [6, 6.07) is 0.353. The number of allylic oxidation sites excluding steroid dienone is 2. The molecule has 0 aliphatic carbocycles. The van der Waals surface area contributed by atoms with Crippen molar-refractivity contribution >= 4 is 0 Å². The van der Waals surface area contributed by atoms with Crippen LogP contribution < -0.4 is 5.73 Å². The van der Waals surface area contributed by atoms with Gasteiger partial charge in [0.05, 0.1) is 0 Å². The highest BCUT2D eigenvalue weighted by Gasteiger charge is 1.87. The molecule has 48 valence electrons. The molecule has 0 saturated heterocycles. The second kappa shape index (κ2) is 4.85. The Morgan fingerprint density at radius 2 is 2.25 bits per heavy atom. The summed E-state index contributed by atoms with van der Waals surface area (Å²) >= 11 is 0. The smallest absolute Gasteiger partial charge is 0.00134 e. The van der Waals surface area contributed by atoms with E-state index in [-0.39, 0.29) is 0 Å². The number of hydrogen-bond acceptors (Lipinski definition) is 1. The largest absolute Gasteiger partial charge is 0.328 e. The predicted octanol–water partition coefficient (Wildman–Crippen LogP) is 1.69. The van der Waals surface area contributed by atoms with Crippen LogP contribution in [0.4, 0.5) is 0 Å². The number of hydrogen-bond donors (Lipinski definition) is 1. The Bertz CT molecular complexity index is 64.8. The first-order valence-corrected chi connectivity index (χ1v) is 3.14. The molecule has 2 N–H and O–H groups in total. The lowest BCUT2D eigenvalue weighted by Gasteiger charge is -1.98. The van der Waals surface area contributed by atoms with Gasteiger partial charge in [0.1, 0.15) is 0 Å². The van der Waals surface area contributed by atoms with Crippen LogP contribution in [-0.4, -0.2) is 6.04 Å². The van der Waals surface area contributed by atoms with Gasteiger partial charge in [0.25, 0.3) is 0 Å². The summed E-state index contributed by atoms with van der Waals surface area (Å²) in [7, 11) is 0. The minimum absolute atomic E-state index is 0.353. The fourth-order valence-electron chi connectivity index (χ4n) is 0.526. The van der Waals surface area contributed by atoms with Gasteiger partial charge < -0.3 is 5.73 Å². The van der Waals surface area contributed by atoms with E-state index in [2.05, 4.69) is 12.2 Å². The molecule has 1 atom stereocenters. The van der Waals surface area contributed by atoms with Crippen LogP contribution in [0.15, 0.2) is 12.2 Å². The Hall–Kier alpha value is -0.300. The highest BCUT2D eigenvalue weighted by molar-refractivity contribution is 4.77. The summed E-state index contributed by atoms with van der Waals surface area (Å²) < 4.78 is 0. The van der Waals surface area contributed by atoms with E-state index in [0.717, 1.165) is 12.8 Å². The number of rotatable bonds is 3. The first kappa shape index (κ1) is 7.70. The van der Waals surface area contributed by atoms with Crippen LogP contribution in [0.25, 0.3) is 0 Å². The Morgan fingerprint density at radius 3 is 2.62 bits per heavy atom. The first-order valence-electron chi connectivity index (χ1n) is 3.14. The molecular weight excluding hydrogens is 98.1 g/mol. The third-order valence-electron chi connectivity index (χ3n) is 1.02. The van der Waals surface area contributed by atoms with E-state index in [9.17, 15) is 0 Å². The maximum Gasteiger partial charge on any atom is 0.00134 e. The van der Waals surface area contributed by atoms with Crippen LogP contribution in [0.3, 0.4) is 0 Å². The Balaban J connectivity index is 2.93. The van der Waals surface area contributed by atoms with Gasteiger partial charge in [0, 0.05) is 6.04 Å². The lowest BCUT2D eigenvalue weighted by atomic mass is 10.2. The molecule has 0 bridgehead atoms. The van der Waals surface area contributed by atoms with Gasteiger partial charge in [-0.25, -0.2) is 0 Å². The summed E-state index contributed by atoms with van der Waals surface area (Å²) in [5.41, 5.74) is 5.50. The molecule has 1 heteroatoms. The van der Waals surface area contributed by atoms with Crippen molar-refractivity contribution in [3.05, 3.63) is 12.2 Å². The van der Waals surface area contributed by atoms with Crippen molar-refractivity contribution in [2.45, 2.75) is 32.7 Å². The second-order valence-electron chi connectivity index (χ2n) is 2.12. The minimum atomic E-state index is 0.353. The molecule has 0 aliphatic rings. The topological polar surface area (TPSA) is 26.0 Å². The van der Waals surface area contributed by atoms with Crippen LogP contribution in [0, 0.1) is 0 Å². The zero-order valence-corrected chi connectivity index (χ0v) is 5.72. The molecule has 0 amide bonds. The Labute approximate surface area is 51.6 Å². The highest BCUT2D eigenvalue weighted by Crippen LogP contribution is 1.93. The zero-order valence-electron chi connectivity index (χ0n) is 5.72. The summed E-state index contributed by atoms with van der Waals surface area (Å²) in [4.78, 5) is 0. The fraction of sp³-hybridized carbons (Fsp3) is 0.714. The Kier molecular flexibility index (Phi) is 4.67. The average Bonchev–Trinajstić information content (AvgIpc) is 1.66. The van der Waals surface area contributed by atoms with Gasteiger partial charge in [0.15, 0.2) is 0 Å². The quantitative estimate of drug-likeness (QED) is 0.554. The van der Waals surface area contributed by atoms with Crippen molar-refractivity contribution in [2.75, 3.05) is 0 Å². The average molecular weight is 113 g/mol. The monoisotopic (exact) mass is 113 g/mol. The van der Waals surface area contributed by atoms with Crippen molar-refractivity contribution in [2.24, 2.45) is 5.73 Å². The van der Waals surface area contributed by atoms with Crippen molar-refractivity contribution in [1.82, 2.24) is 0 Å². The summed E-state index contributed by atoms with van der Waals surface area (Å²) in [5, 5.41) is 0. The molecule has 1 nitrogen and oxygen atoms in total. The van der Waals surface area contributed by atoms with Crippen LogP contribution in [0.5, 0.6) is 0 Å². The summed E-state index contributed by atoms with van der Waals surface area (Å²) in [6.07, 6.45) is 6.42. The second-order valence-corrected chi connectivity index (χ2v) is 2.12. The lowest BCUT2D eigenvalue weighted by molar-refractivity contribution is 0.676. The first-order chi connectivity index (χ1) is 3.77. The molecule has 0 spiro atoms. The van der Waals surface area contributed by atoms with Gasteiger partial charge in [-0.15, -0.1) is 0 Å². The van der Waals surface area contributed by atoms with E-state index in [1.165, 1.54) is 0 Å². The zero-order chi connectivity index (χ0) is 6.41. The predicted molar refractivity (Wildman–Crippen MR) is 37.7 cm³/mol. The van der Waals surface area contributed by atoms with Crippen LogP contribution in [0.2, 0.25) is 0 Å². The maximum absolute atomic E-state index is 5.50. The van der Waals surface area contributed by atoms with Crippen molar-refractivity contribution in [3.63, 3.8) is 0 Å². The molecule has 8 heavy (non-hydrogen) atoms. The Morgan fingerprint density at radius 1 is 1.62 bits per heavy atom. The van der Waals surface area contributed by atoms with E-state index in [1.807, 2.05) is 13.8 Å². The van der Waals surface area contributed by atoms with Gasteiger partial charge in [-0.2, -0.15) is 0 Å². The van der Waals surface area contributed by atoms with Crippen molar-refractivity contribution in [3.8, 4) is 0 Å². The molecular formula is C7H15N. The van der Waals surface area contributed by atoms with Gasteiger partial charge in [-0.3, -0.25) is 0 Å². The third kappa shape index (κ3) is 5.70. The van der Waals surface area contributed by atoms with E-state index >= 15 is 0 Å². The molecule has 0 fully saturated rings. The highest BCUT2D eigenvalue weighted by atomic mass is 14.6. The lowest BCUT2D eigenvalue weighted by Crippen LogP contribution is -2.13. The molecule has 0 saturated carbocycles. The fourth-order valence-corrected chi connectivity index (χ4v) is 0.526. The van der Waals surface area contributed by atoms with Gasteiger partial charge in [0.2, 0.25) is 0 Å². The molecule has 0 aromatic heterocycles. The van der Waals surface area contributed by atoms with Gasteiger partial charge >= 0.3 is 0 Å². The van der Waals surface area contributed by atoms with E-state index < -0.39 is 0 Å². The molecule has 0 aliphatic heterocycles. The molecule has 0 aromatic rings. The standard InChI is InChI=1S/C7H15N/c1-3-4-5-6-7(2)8/h3-4,7H,5-6,8H2,1-2H3/b4-3-. The van der Waals surface area contributed by atoms with Crippen LogP contribution in [0.1, 0.15) is 26.7 Å². The minimum Gasteiger partial charge on any atom is -0.328 e. The molecule has 0 radical (unpaired) electrons. The van der Waals surface area contributed by atoms with E-state index in [1.54, 1.807) is 0 Å². The van der Waals surface area contributed by atoms with Crippen molar-refractivity contribution in [1.29, 1.82) is 0 Å². The third-order valence-corrected chi connectivity index (χ3v) is 1.02. The van der Waals surface area contributed by atoms with E-state index in [4.69, 9.17) is 5.73 Å². The van der Waals surface area contributed by atoms with Crippen molar-refractivity contribution < 1.29 is 0 Å². The van der Waals surface area contributed by atoms with Crippen LogP contribution in [-0.2, 0) is 0 Å². The SMILES string of the molecule is C/C=C\CCC(C)N. The normalized spacial score (nSPS) is 14.9. The van der Waals surface area contributed by atoms with Gasteiger partial charge in [-0.05, 0) is 26.7 Å². The molecule has 0 heterocycles. The van der Waals surface area contributed by atoms with Gasteiger partial charge in [-0.1, -0.05) is 12.2 Å². The summed E-state index contributed by atoms with van der Waals surface area (Å²) in [5.74, 6) is 0. The molecule has 0 aromatic carbocycles. The summed E-state index contributed by atoms with van der Waals surface area (Å²) in [6.45, 7) is 4.06. The molecule has 1 unspecified atom stereocenters. The van der Waals surface area contributed by atoms with E-state index in [0.29, 0.717) is 6.04 Å².